The van der Waals surface area contributed by atoms with Crippen LogP contribution in [0.5, 0.6) is 0 Å². The van der Waals surface area contributed by atoms with Gasteiger partial charge in [0, 0.05) is 17.1 Å². The zero-order valence-electron chi connectivity index (χ0n) is 15.1. The molecule has 29 heavy (non-hydrogen) atoms. The van der Waals surface area contributed by atoms with Gasteiger partial charge in [0.05, 0.1) is 16.6 Å². The molecule has 0 spiro atoms. The minimum absolute atomic E-state index is 0.158. The van der Waals surface area contributed by atoms with Gasteiger partial charge in [-0.2, -0.15) is 13.2 Å². The Balaban J connectivity index is 1.74. The fraction of sp³-hybridized carbons (Fsp3) is 0.0909. The average molecular weight is 412 g/mol. The highest BCUT2D eigenvalue weighted by atomic mass is 32.1. The summed E-state index contributed by atoms with van der Waals surface area (Å²) >= 11 is 1.10. The number of hydrogen-bond acceptors (Lipinski definition) is 4. The zero-order valence-corrected chi connectivity index (χ0v) is 15.9. The van der Waals surface area contributed by atoms with Crippen LogP contribution in [-0.4, -0.2) is 16.9 Å². The number of benzene rings is 3. The van der Waals surface area contributed by atoms with Gasteiger partial charge in [-0.15, -0.1) is 11.3 Å². The van der Waals surface area contributed by atoms with E-state index in [1.54, 1.807) is 0 Å². The van der Waals surface area contributed by atoms with Crippen molar-refractivity contribution in [1.82, 2.24) is 4.98 Å². The lowest BCUT2D eigenvalue weighted by atomic mass is 10.2. The summed E-state index contributed by atoms with van der Waals surface area (Å²) < 4.78 is 38.4. The molecule has 0 saturated heterocycles. The summed E-state index contributed by atoms with van der Waals surface area (Å²) in [5.74, 6) is -1.79. The molecule has 0 N–H and O–H groups in total. The van der Waals surface area contributed by atoms with E-state index in [-0.39, 0.29) is 5.01 Å². The Labute approximate surface area is 169 Å². The smallest absolute Gasteiger partial charge is 0.310 e. The summed E-state index contributed by atoms with van der Waals surface area (Å²) in [6.07, 6.45) is -5.58. The fourth-order valence-electron chi connectivity index (χ4n) is 3.02. The van der Waals surface area contributed by atoms with Crippen molar-refractivity contribution < 1.29 is 18.0 Å². The Morgan fingerprint density at radius 1 is 0.862 bits per heavy atom. The number of rotatable bonds is 5. The molecule has 0 aliphatic carbocycles. The van der Waals surface area contributed by atoms with Crippen LogP contribution in [0.3, 0.4) is 0 Å². The summed E-state index contributed by atoms with van der Waals surface area (Å²) in [6, 6.07) is 25.1. The van der Waals surface area contributed by atoms with Crippen LogP contribution in [0.15, 0.2) is 78.9 Å². The second-order valence-corrected chi connectivity index (χ2v) is 7.48. The Bertz CT molecular complexity index is 1100. The normalized spacial score (nSPS) is 11.6. The molecular weight excluding hydrogens is 397 g/mol. The van der Waals surface area contributed by atoms with Crippen LogP contribution in [0.4, 0.5) is 30.2 Å². The van der Waals surface area contributed by atoms with Gasteiger partial charge >= 0.3 is 6.18 Å². The maximum Gasteiger partial charge on any atom is 0.450 e. The topological polar surface area (TPSA) is 33.2 Å². The third-order valence-electron chi connectivity index (χ3n) is 4.33. The van der Waals surface area contributed by atoms with Crippen LogP contribution in [-0.2, 0) is 11.2 Å². The van der Waals surface area contributed by atoms with E-state index in [0.717, 1.165) is 33.1 Å². The monoisotopic (exact) mass is 412 g/mol. The molecule has 0 bridgehead atoms. The van der Waals surface area contributed by atoms with Gasteiger partial charge in [-0.1, -0.05) is 36.4 Å². The lowest BCUT2D eigenvalue weighted by Gasteiger charge is -2.25. The minimum Gasteiger partial charge on any atom is -0.310 e. The molecule has 4 rings (SSSR count). The molecule has 4 aromatic rings. The van der Waals surface area contributed by atoms with Crippen molar-refractivity contribution in [2.24, 2.45) is 0 Å². The highest BCUT2D eigenvalue weighted by Gasteiger charge is 2.38. The second-order valence-electron chi connectivity index (χ2n) is 6.36. The lowest BCUT2D eigenvalue weighted by Crippen LogP contribution is -2.24. The number of carbonyl (C=O) groups excluding carboxylic acids is 1. The molecule has 146 valence electrons. The molecule has 3 aromatic carbocycles. The largest absolute Gasteiger partial charge is 0.450 e. The second kappa shape index (κ2) is 7.67. The molecule has 0 aliphatic rings. The number of ketones is 1. The van der Waals surface area contributed by atoms with Gasteiger partial charge in [-0.05, 0) is 42.5 Å². The van der Waals surface area contributed by atoms with Crippen LogP contribution in [0.1, 0.15) is 5.01 Å². The van der Waals surface area contributed by atoms with E-state index in [1.807, 2.05) is 83.8 Å². The molecule has 0 saturated carbocycles. The number of nitrogens with zero attached hydrogens (tertiary/aromatic N) is 2. The maximum atomic E-state index is 12.6. The summed E-state index contributed by atoms with van der Waals surface area (Å²) in [5, 5.41) is 0.158. The van der Waals surface area contributed by atoms with E-state index >= 15 is 0 Å². The first-order valence-corrected chi connectivity index (χ1v) is 9.63. The van der Waals surface area contributed by atoms with Gasteiger partial charge in [0.1, 0.15) is 5.01 Å². The highest BCUT2D eigenvalue weighted by molar-refractivity contribution is 7.18. The van der Waals surface area contributed by atoms with E-state index in [9.17, 15) is 18.0 Å². The van der Waals surface area contributed by atoms with E-state index in [1.165, 1.54) is 0 Å². The Morgan fingerprint density at radius 2 is 1.45 bits per heavy atom. The van der Waals surface area contributed by atoms with Crippen molar-refractivity contribution in [2.45, 2.75) is 12.6 Å². The Kier molecular flexibility index (Phi) is 5.07. The van der Waals surface area contributed by atoms with Crippen LogP contribution in [0, 0.1) is 0 Å². The van der Waals surface area contributed by atoms with Gasteiger partial charge in [-0.3, -0.25) is 4.79 Å². The first-order chi connectivity index (χ1) is 13.9. The molecule has 1 aromatic heterocycles. The van der Waals surface area contributed by atoms with Crippen molar-refractivity contribution in [3.8, 4) is 0 Å². The summed E-state index contributed by atoms with van der Waals surface area (Å²) in [6.45, 7) is 0. The fourth-order valence-corrected chi connectivity index (χ4v) is 3.96. The zero-order chi connectivity index (χ0) is 20.4. The molecule has 3 nitrogen and oxygen atoms in total. The summed E-state index contributed by atoms with van der Waals surface area (Å²) in [7, 11) is 0. The molecular formula is C22H15F3N2OS. The quantitative estimate of drug-likeness (QED) is 0.378. The summed E-state index contributed by atoms with van der Waals surface area (Å²) in [5.41, 5.74) is 3.28. The third kappa shape index (κ3) is 4.14. The minimum atomic E-state index is -4.85. The predicted molar refractivity (Wildman–Crippen MR) is 109 cm³/mol. The third-order valence-corrected chi connectivity index (χ3v) is 5.37. The Hall–Kier alpha value is -3.19. The van der Waals surface area contributed by atoms with Crippen LogP contribution < -0.4 is 4.90 Å². The van der Waals surface area contributed by atoms with E-state index in [4.69, 9.17) is 0 Å². The average Bonchev–Trinajstić information content (AvgIpc) is 3.11. The van der Waals surface area contributed by atoms with Crippen molar-refractivity contribution in [2.75, 3.05) is 4.90 Å². The SMILES string of the molecule is O=C(Cc1nc2cc(N(c3ccccc3)c3ccccc3)ccc2s1)C(F)(F)F. The molecule has 7 heteroatoms. The number of para-hydroxylation sites is 2. The maximum absolute atomic E-state index is 12.6. The van der Waals surface area contributed by atoms with Crippen LogP contribution in [0.25, 0.3) is 10.2 Å². The van der Waals surface area contributed by atoms with Crippen LogP contribution >= 0.6 is 11.3 Å². The van der Waals surface area contributed by atoms with E-state index in [2.05, 4.69) is 4.98 Å². The number of halogens is 3. The number of alkyl halides is 3. The molecule has 0 amide bonds. The number of carbonyl (C=O) groups is 1. The van der Waals surface area contributed by atoms with Gasteiger partial charge in [0.15, 0.2) is 0 Å². The van der Waals surface area contributed by atoms with Gasteiger partial charge < -0.3 is 4.90 Å². The van der Waals surface area contributed by atoms with Crippen molar-refractivity contribution >= 4 is 44.4 Å². The molecule has 0 fully saturated rings. The molecule has 0 unspecified atom stereocenters. The van der Waals surface area contributed by atoms with Crippen molar-refractivity contribution in [3.63, 3.8) is 0 Å². The molecule has 0 aliphatic heterocycles. The first kappa shape index (κ1) is 19.1. The first-order valence-electron chi connectivity index (χ1n) is 8.81. The molecule has 1 heterocycles. The number of anilines is 3. The van der Waals surface area contributed by atoms with E-state index < -0.39 is 18.4 Å². The summed E-state index contributed by atoms with van der Waals surface area (Å²) in [4.78, 5) is 17.6. The number of thiazole rings is 1. The standard InChI is InChI=1S/C22H15F3N2OS/c23-22(24,25)20(28)14-21-26-18-13-17(11-12-19(18)29-21)27(15-7-3-1-4-8-15)16-9-5-2-6-10-16/h1-13H,14H2. The number of fused-ring (bicyclic) bond motifs is 1. The Morgan fingerprint density at radius 3 is 2.00 bits per heavy atom. The lowest BCUT2D eigenvalue weighted by molar-refractivity contribution is -0.170. The van der Waals surface area contributed by atoms with Crippen molar-refractivity contribution in [1.29, 1.82) is 0 Å². The van der Waals surface area contributed by atoms with Gasteiger partial charge in [-0.25, -0.2) is 4.98 Å². The van der Waals surface area contributed by atoms with Gasteiger partial charge in [0.2, 0.25) is 5.78 Å². The van der Waals surface area contributed by atoms with E-state index in [0.29, 0.717) is 5.52 Å². The number of hydrogen-bond donors (Lipinski definition) is 0. The number of aromatic nitrogens is 1. The van der Waals surface area contributed by atoms with Gasteiger partial charge in [0.25, 0.3) is 0 Å². The predicted octanol–water partition coefficient (Wildman–Crippen LogP) is 6.44. The van der Waals surface area contributed by atoms with Crippen molar-refractivity contribution in [3.05, 3.63) is 83.9 Å². The highest BCUT2D eigenvalue weighted by Crippen LogP contribution is 2.36. The molecule has 0 atom stereocenters. The van der Waals surface area contributed by atoms with Crippen LogP contribution in [0.2, 0.25) is 0 Å². The molecule has 0 radical (unpaired) electrons. The number of Topliss-reactive ketones (excluding diaryl/α,β-unsaturated/α-hetero) is 1.